The zero-order valence-electron chi connectivity index (χ0n) is 22.7. The highest BCUT2D eigenvalue weighted by molar-refractivity contribution is 7.07. The first kappa shape index (κ1) is 26.8. The summed E-state index contributed by atoms with van der Waals surface area (Å²) < 4.78 is 24.5. The topological polar surface area (TPSA) is 98.7 Å². The number of carbonyl (C=O) groups excluding carboxylic acids is 1. The Bertz CT molecular complexity index is 1590. The molecule has 2 aliphatic heterocycles. The summed E-state index contributed by atoms with van der Waals surface area (Å²) in [7, 11) is 5.21. The number of allylic oxidation sites excluding steroid dienone is 1. The van der Waals surface area contributed by atoms with E-state index in [9.17, 15) is 9.59 Å². The van der Waals surface area contributed by atoms with Gasteiger partial charge in [-0.1, -0.05) is 11.3 Å². The summed E-state index contributed by atoms with van der Waals surface area (Å²) in [6.45, 7) is 7.38. The van der Waals surface area contributed by atoms with Crippen LogP contribution in [0.15, 0.2) is 55.8 Å². The predicted octanol–water partition coefficient (Wildman–Crippen LogP) is 2.16. The quantitative estimate of drug-likeness (QED) is 0.412. The molecule has 0 bridgehead atoms. The van der Waals surface area contributed by atoms with Crippen LogP contribution in [0.25, 0.3) is 6.08 Å². The van der Waals surface area contributed by atoms with Gasteiger partial charge in [0.1, 0.15) is 23.3 Å². The Morgan fingerprint density at radius 2 is 1.92 bits per heavy atom. The largest absolute Gasteiger partial charge is 0.497 e. The number of furan rings is 1. The van der Waals surface area contributed by atoms with Gasteiger partial charge in [0.2, 0.25) is 0 Å². The summed E-state index contributed by atoms with van der Waals surface area (Å²) in [5.41, 5.74) is 1.11. The fourth-order valence-corrected chi connectivity index (χ4v) is 5.90. The number of aromatic nitrogens is 1. The Balaban J connectivity index is 1.62. The number of methoxy groups -OCH3 is 2. The summed E-state index contributed by atoms with van der Waals surface area (Å²) in [6, 6.07) is 8.31. The van der Waals surface area contributed by atoms with Gasteiger partial charge in [0.05, 0.1) is 36.6 Å². The lowest BCUT2D eigenvalue weighted by Gasteiger charge is -2.32. The van der Waals surface area contributed by atoms with Gasteiger partial charge in [-0.05, 0) is 39.1 Å². The molecule has 206 valence electrons. The number of esters is 1. The molecule has 0 radical (unpaired) electrons. The molecular weight excluding hydrogens is 520 g/mol. The van der Waals surface area contributed by atoms with Crippen molar-refractivity contribution in [3.8, 4) is 11.5 Å². The molecule has 1 fully saturated rings. The van der Waals surface area contributed by atoms with Crippen molar-refractivity contribution in [2.75, 3.05) is 59.0 Å². The van der Waals surface area contributed by atoms with Gasteiger partial charge in [-0.3, -0.25) is 9.36 Å². The number of piperazine rings is 1. The van der Waals surface area contributed by atoms with E-state index in [1.165, 1.54) is 23.0 Å². The van der Waals surface area contributed by atoms with Gasteiger partial charge in [0.15, 0.2) is 10.7 Å². The predicted molar refractivity (Wildman–Crippen MR) is 148 cm³/mol. The van der Waals surface area contributed by atoms with Crippen LogP contribution in [0.1, 0.15) is 31.2 Å². The second-order valence-electron chi connectivity index (χ2n) is 9.38. The number of thiazole rings is 1. The highest BCUT2D eigenvalue weighted by atomic mass is 32.1. The molecule has 5 rings (SSSR count). The van der Waals surface area contributed by atoms with Crippen molar-refractivity contribution in [1.29, 1.82) is 0 Å². The van der Waals surface area contributed by atoms with E-state index in [-0.39, 0.29) is 17.7 Å². The van der Waals surface area contributed by atoms with E-state index >= 15 is 0 Å². The van der Waals surface area contributed by atoms with Gasteiger partial charge in [-0.25, -0.2) is 9.79 Å². The van der Waals surface area contributed by atoms with E-state index in [4.69, 9.17) is 18.6 Å². The molecule has 0 aliphatic carbocycles. The van der Waals surface area contributed by atoms with E-state index in [0.29, 0.717) is 37.9 Å². The lowest BCUT2D eigenvalue weighted by Crippen LogP contribution is -2.44. The van der Waals surface area contributed by atoms with Crippen molar-refractivity contribution in [1.82, 2.24) is 9.47 Å². The van der Waals surface area contributed by atoms with Crippen LogP contribution >= 0.6 is 11.3 Å². The van der Waals surface area contributed by atoms with Crippen molar-refractivity contribution in [2.45, 2.75) is 19.9 Å². The number of ether oxygens (including phenoxy) is 3. The molecule has 1 unspecified atom stereocenters. The molecule has 1 aromatic carbocycles. The summed E-state index contributed by atoms with van der Waals surface area (Å²) in [6.07, 6.45) is 1.73. The second-order valence-corrected chi connectivity index (χ2v) is 10.4. The van der Waals surface area contributed by atoms with E-state index in [1.807, 2.05) is 12.1 Å². The Morgan fingerprint density at radius 3 is 2.62 bits per heavy atom. The summed E-state index contributed by atoms with van der Waals surface area (Å²) in [5.74, 6) is 1.90. The Morgan fingerprint density at radius 1 is 1.15 bits per heavy atom. The summed E-state index contributed by atoms with van der Waals surface area (Å²) in [5, 5.41) is 0. The monoisotopic (exact) mass is 552 g/mol. The van der Waals surface area contributed by atoms with Crippen molar-refractivity contribution in [3.05, 3.63) is 72.6 Å². The van der Waals surface area contributed by atoms with Crippen LogP contribution in [-0.4, -0.2) is 69.5 Å². The fourth-order valence-electron chi connectivity index (χ4n) is 4.88. The minimum atomic E-state index is -0.791. The lowest BCUT2D eigenvalue weighted by molar-refractivity contribution is -0.139. The van der Waals surface area contributed by atoms with E-state index < -0.39 is 12.0 Å². The maximum atomic E-state index is 13.9. The van der Waals surface area contributed by atoms with Crippen LogP contribution in [0.4, 0.5) is 5.88 Å². The minimum absolute atomic E-state index is 0.195. The molecule has 2 aromatic heterocycles. The van der Waals surface area contributed by atoms with E-state index in [0.717, 1.165) is 32.1 Å². The fraction of sp³-hybridized carbons (Fsp3) is 0.393. The first-order valence-corrected chi connectivity index (χ1v) is 13.6. The Hall–Kier alpha value is -3.83. The second kappa shape index (κ2) is 11.1. The first-order chi connectivity index (χ1) is 18.8. The maximum Gasteiger partial charge on any atom is 0.338 e. The molecule has 0 spiro atoms. The number of carbonyl (C=O) groups is 1. The summed E-state index contributed by atoms with van der Waals surface area (Å²) in [4.78, 5) is 36.6. The standard InChI is InChI=1S/C28H32N4O6S/c1-6-37-27(34)24-17(2)29-28-32(25(24)20-9-7-18(35-4)15-21(20)36-5)26(33)22(39-28)16-19-8-10-23(38-19)31-13-11-30(3)12-14-31/h7-10,15-16,25H,6,11-14H2,1-5H3/b22-16-. The smallest absolute Gasteiger partial charge is 0.338 e. The van der Waals surface area contributed by atoms with Gasteiger partial charge in [0.25, 0.3) is 5.56 Å². The average molecular weight is 553 g/mol. The maximum absolute atomic E-state index is 13.9. The van der Waals surface area contributed by atoms with Gasteiger partial charge in [0, 0.05) is 50.0 Å². The molecule has 2 aliphatic rings. The van der Waals surface area contributed by atoms with Crippen LogP contribution in [0.5, 0.6) is 11.5 Å². The van der Waals surface area contributed by atoms with E-state index in [2.05, 4.69) is 21.8 Å². The van der Waals surface area contributed by atoms with Gasteiger partial charge < -0.3 is 28.4 Å². The molecule has 0 amide bonds. The van der Waals surface area contributed by atoms with Crippen LogP contribution in [0.2, 0.25) is 0 Å². The molecule has 10 nitrogen and oxygen atoms in total. The van der Waals surface area contributed by atoms with Crippen LogP contribution in [0, 0.1) is 0 Å². The van der Waals surface area contributed by atoms with Crippen LogP contribution in [-0.2, 0) is 9.53 Å². The van der Waals surface area contributed by atoms with Crippen molar-refractivity contribution in [2.24, 2.45) is 4.99 Å². The molecule has 1 saturated heterocycles. The van der Waals surface area contributed by atoms with Gasteiger partial charge in [-0.15, -0.1) is 0 Å². The lowest BCUT2D eigenvalue weighted by atomic mass is 9.95. The first-order valence-electron chi connectivity index (χ1n) is 12.8. The molecule has 1 atom stereocenters. The number of benzene rings is 1. The number of fused-ring (bicyclic) bond motifs is 1. The third kappa shape index (κ3) is 5.11. The SMILES string of the molecule is CCOC(=O)C1=C(C)N=c2s/c(=C\c3ccc(N4CCN(C)CC4)o3)c(=O)n2C1c1ccc(OC)cc1OC. The Labute approximate surface area is 230 Å². The van der Waals surface area contributed by atoms with Gasteiger partial charge in [-0.2, -0.15) is 0 Å². The molecule has 4 heterocycles. The molecule has 0 N–H and O–H groups in total. The third-order valence-corrected chi connectivity index (χ3v) is 7.94. The molecular formula is C28H32N4O6S. The van der Waals surface area contributed by atoms with Gasteiger partial charge >= 0.3 is 5.97 Å². The number of hydrogen-bond donors (Lipinski definition) is 0. The average Bonchev–Trinajstić information content (AvgIpc) is 3.52. The summed E-state index contributed by atoms with van der Waals surface area (Å²) >= 11 is 1.25. The highest BCUT2D eigenvalue weighted by Gasteiger charge is 2.35. The highest BCUT2D eigenvalue weighted by Crippen LogP contribution is 2.37. The number of anilines is 1. The van der Waals surface area contributed by atoms with E-state index in [1.54, 1.807) is 45.2 Å². The molecule has 0 saturated carbocycles. The third-order valence-electron chi connectivity index (χ3n) is 6.95. The molecule has 39 heavy (non-hydrogen) atoms. The number of likely N-dealkylation sites (N-methyl/N-ethyl adjacent to an activating group) is 1. The van der Waals surface area contributed by atoms with Crippen LogP contribution in [0.3, 0.4) is 0 Å². The van der Waals surface area contributed by atoms with Crippen molar-refractivity contribution < 1.29 is 23.4 Å². The number of hydrogen-bond acceptors (Lipinski definition) is 10. The van der Waals surface area contributed by atoms with Crippen LogP contribution < -0.4 is 29.3 Å². The van der Waals surface area contributed by atoms with Crippen molar-refractivity contribution in [3.63, 3.8) is 0 Å². The zero-order valence-corrected chi connectivity index (χ0v) is 23.5. The number of rotatable bonds is 7. The molecule has 11 heteroatoms. The Kier molecular flexibility index (Phi) is 7.62. The minimum Gasteiger partial charge on any atom is -0.497 e. The number of nitrogens with zero attached hydrogens (tertiary/aromatic N) is 4. The molecule has 3 aromatic rings. The van der Waals surface area contributed by atoms with Crippen molar-refractivity contribution >= 4 is 29.3 Å². The normalized spacial score (nSPS) is 18.1. The zero-order chi connectivity index (χ0) is 27.7.